The van der Waals surface area contributed by atoms with Gasteiger partial charge in [0.05, 0.1) is 18.2 Å². The Hall–Kier alpha value is -2.39. The number of nitrogens with zero attached hydrogens (tertiary/aromatic N) is 4. The number of halogens is 1. The van der Waals surface area contributed by atoms with Crippen LogP contribution in [0.25, 0.3) is 0 Å². The fraction of sp³-hybridized carbons (Fsp3) is 0.231. The third-order valence-corrected chi connectivity index (χ3v) is 2.34. The minimum Gasteiger partial charge on any atom is -0.463 e. The highest BCUT2D eigenvalue weighted by molar-refractivity contribution is 6.28. The SMILES string of the molecule is CCCOc1nc(Cl)nc(Oc2cccc(C#N)c2)n1. The van der Waals surface area contributed by atoms with Crippen molar-refractivity contribution in [3.05, 3.63) is 35.1 Å². The predicted octanol–water partition coefficient (Wildman–Crippen LogP) is 2.98. The minimum atomic E-state index is -0.0162. The molecule has 0 spiro atoms. The van der Waals surface area contributed by atoms with Crippen LogP contribution in [-0.4, -0.2) is 21.6 Å². The van der Waals surface area contributed by atoms with Gasteiger partial charge in [-0.1, -0.05) is 13.0 Å². The van der Waals surface area contributed by atoms with E-state index in [9.17, 15) is 0 Å². The van der Waals surface area contributed by atoms with Gasteiger partial charge in [0.15, 0.2) is 0 Å². The molecule has 0 bridgehead atoms. The molecule has 1 aromatic carbocycles. The molecule has 0 saturated heterocycles. The lowest BCUT2D eigenvalue weighted by molar-refractivity contribution is 0.284. The van der Waals surface area contributed by atoms with Gasteiger partial charge in [-0.3, -0.25) is 0 Å². The summed E-state index contributed by atoms with van der Waals surface area (Å²) < 4.78 is 10.7. The van der Waals surface area contributed by atoms with Crippen molar-refractivity contribution in [3.8, 4) is 23.8 Å². The molecule has 1 aromatic heterocycles. The number of benzene rings is 1. The lowest BCUT2D eigenvalue weighted by Crippen LogP contribution is -2.03. The highest BCUT2D eigenvalue weighted by Crippen LogP contribution is 2.21. The first kappa shape index (κ1) is 14.0. The van der Waals surface area contributed by atoms with E-state index in [0.29, 0.717) is 17.9 Å². The van der Waals surface area contributed by atoms with Gasteiger partial charge in [-0.05, 0) is 36.2 Å². The molecule has 0 saturated carbocycles. The summed E-state index contributed by atoms with van der Waals surface area (Å²) in [5, 5.41) is 8.81. The quantitative estimate of drug-likeness (QED) is 0.842. The van der Waals surface area contributed by atoms with E-state index in [1.165, 1.54) is 0 Å². The van der Waals surface area contributed by atoms with Gasteiger partial charge in [0.25, 0.3) is 0 Å². The number of ether oxygens (including phenoxy) is 2. The normalized spacial score (nSPS) is 9.85. The minimum absolute atomic E-state index is 0.0162. The van der Waals surface area contributed by atoms with Crippen molar-refractivity contribution in [2.24, 2.45) is 0 Å². The Morgan fingerprint density at radius 2 is 2.05 bits per heavy atom. The molecule has 0 aliphatic rings. The molecule has 0 aliphatic carbocycles. The molecule has 0 fully saturated rings. The van der Waals surface area contributed by atoms with E-state index in [0.717, 1.165) is 6.42 Å². The van der Waals surface area contributed by atoms with Crippen LogP contribution in [-0.2, 0) is 0 Å². The Kier molecular flexibility index (Phi) is 4.69. The van der Waals surface area contributed by atoms with E-state index >= 15 is 0 Å². The molecule has 6 nitrogen and oxygen atoms in total. The summed E-state index contributed by atoms with van der Waals surface area (Å²) in [7, 11) is 0. The summed E-state index contributed by atoms with van der Waals surface area (Å²) >= 11 is 5.78. The zero-order valence-electron chi connectivity index (χ0n) is 10.7. The van der Waals surface area contributed by atoms with Crippen molar-refractivity contribution in [2.75, 3.05) is 6.61 Å². The first-order chi connectivity index (χ1) is 9.71. The maximum Gasteiger partial charge on any atom is 0.329 e. The van der Waals surface area contributed by atoms with Crippen LogP contribution in [0.4, 0.5) is 0 Å². The van der Waals surface area contributed by atoms with Crippen LogP contribution in [0.15, 0.2) is 24.3 Å². The summed E-state index contributed by atoms with van der Waals surface area (Å²) in [4.78, 5) is 11.7. The standard InChI is InChI=1S/C13H11ClN4O2/c1-2-6-19-12-16-11(14)17-13(18-12)20-10-5-3-4-9(7-10)8-15/h3-5,7H,2,6H2,1H3. The Balaban J connectivity index is 2.20. The van der Waals surface area contributed by atoms with Gasteiger partial charge in [0.1, 0.15) is 5.75 Å². The van der Waals surface area contributed by atoms with Crippen LogP contribution >= 0.6 is 11.6 Å². The number of aromatic nitrogens is 3. The lowest BCUT2D eigenvalue weighted by atomic mass is 10.2. The second kappa shape index (κ2) is 6.68. The zero-order chi connectivity index (χ0) is 14.4. The van der Waals surface area contributed by atoms with Gasteiger partial charge in [-0.15, -0.1) is 4.98 Å². The predicted molar refractivity (Wildman–Crippen MR) is 71.9 cm³/mol. The largest absolute Gasteiger partial charge is 0.463 e. The average molecular weight is 291 g/mol. The monoisotopic (exact) mass is 290 g/mol. The molecule has 0 N–H and O–H groups in total. The Morgan fingerprint density at radius 1 is 1.25 bits per heavy atom. The van der Waals surface area contributed by atoms with Crippen LogP contribution in [0.3, 0.4) is 0 Å². The topological polar surface area (TPSA) is 80.9 Å². The lowest BCUT2D eigenvalue weighted by Gasteiger charge is -2.06. The maximum absolute atomic E-state index is 8.83. The van der Waals surface area contributed by atoms with Crippen molar-refractivity contribution in [1.82, 2.24) is 15.0 Å². The van der Waals surface area contributed by atoms with Gasteiger partial charge < -0.3 is 9.47 Å². The average Bonchev–Trinajstić information content (AvgIpc) is 2.44. The fourth-order valence-corrected chi connectivity index (χ4v) is 1.50. The smallest absolute Gasteiger partial charge is 0.329 e. The van der Waals surface area contributed by atoms with Crippen LogP contribution in [0.1, 0.15) is 18.9 Å². The second-order valence-corrected chi connectivity index (χ2v) is 4.10. The van der Waals surface area contributed by atoms with Crippen molar-refractivity contribution in [1.29, 1.82) is 5.26 Å². The Morgan fingerprint density at radius 3 is 2.80 bits per heavy atom. The van der Waals surface area contributed by atoms with E-state index in [1.54, 1.807) is 24.3 Å². The molecule has 0 unspecified atom stereocenters. The molecule has 2 rings (SSSR count). The van der Waals surface area contributed by atoms with Gasteiger partial charge in [-0.2, -0.15) is 15.2 Å². The van der Waals surface area contributed by atoms with Crippen molar-refractivity contribution in [2.45, 2.75) is 13.3 Å². The maximum atomic E-state index is 8.83. The summed E-state index contributed by atoms with van der Waals surface area (Å²) in [5.74, 6) is 0.438. The molecule has 2 aromatic rings. The van der Waals surface area contributed by atoms with Crippen LogP contribution < -0.4 is 9.47 Å². The number of nitriles is 1. The molecule has 1 heterocycles. The molecule has 0 atom stereocenters. The summed E-state index contributed by atoms with van der Waals surface area (Å²) in [6, 6.07) is 8.78. The first-order valence-corrected chi connectivity index (χ1v) is 6.31. The van der Waals surface area contributed by atoms with Crippen molar-refractivity contribution >= 4 is 11.6 Å². The second-order valence-electron chi connectivity index (χ2n) is 3.76. The van der Waals surface area contributed by atoms with Crippen LogP contribution in [0.2, 0.25) is 5.28 Å². The first-order valence-electron chi connectivity index (χ1n) is 5.93. The molecular weight excluding hydrogens is 280 g/mol. The van der Waals surface area contributed by atoms with E-state index in [4.69, 9.17) is 26.3 Å². The van der Waals surface area contributed by atoms with Crippen molar-refractivity contribution < 1.29 is 9.47 Å². The molecule has 0 amide bonds. The third-order valence-electron chi connectivity index (χ3n) is 2.17. The van der Waals surface area contributed by atoms with E-state index in [-0.39, 0.29) is 17.3 Å². The van der Waals surface area contributed by atoms with Gasteiger partial charge >= 0.3 is 12.0 Å². The van der Waals surface area contributed by atoms with E-state index < -0.39 is 0 Å². The fourth-order valence-electron chi connectivity index (χ4n) is 1.35. The van der Waals surface area contributed by atoms with Crippen molar-refractivity contribution in [3.63, 3.8) is 0 Å². The van der Waals surface area contributed by atoms with E-state index in [1.807, 2.05) is 13.0 Å². The summed E-state index contributed by atoms with van der Waals surface area (Å²) in [6.07, 6.45) is 0.823. The summed E-state index contributed by atoms with van der Waals surface area (Å²) in [5.41, 5.74) is 0.477. The molecule has 0 aliphatic heterocycles. The van der Waals surface area contributed by atoms with E-state index in [2.05, 4.69) is 15.0 Å². The molecule has 20 heavy (non-hydrogen) atoms. The van der Waals surface area contributed by atoms with Gasteiger partial charge in [0.2, 0.25) is 5.28 Å². The van der Waals surface area contributed by atoms with Crippen LogP contribution in [0.5, 0.6) is 17.8 Å². The molecule has 7 heteroatoms. The molecular formula is C13H11ClN4O2. The number of hydrogen-bond donors (Lipinski definition) is 0. The highest BCUT2D eigenvalue weighted by atomic mass is 35.5. The summed E-state index contributed by atoms with van der Waals surface area (Å²) in [6.45, 7) is 2.44. The van der Waals surface area contributed by atoms with Gasteiger partial charge in [-0.25, -0.2) is 0 Å². The number of hydrogen-bond acceptors (Lipinski definition) is 6. The Bertz CT molecular complexity index is 643. The molecule has 0 radical (unpaired) electrons. The van der Waals surface area contributed by atoms with Gasteiger partial charge in [0, 0.05) is 0 Å². The highest BCUT2D eigenvalue weighted by Gasteiger charge is 2.08. The third kappa shape index (κ3) is 3.80. The van der Waals surface area contributed by atoms with Crippen LogP contribution in [0, 0.1) is 11.3 Å². The zero-order valence-corrected chi connectivity index (χ0v) is 11.5. The Labute approximate surface area is 121 Å². The molecule has 102 valence electrons. The number of rotatable bonds is 5.